The average Bonchev–Trinajstić information content (AvgIpc) is 2.62. The first-order valence-electron chi connectivity index (χ1n) is 5.61. The van der Waals surface area contributed by atoms with Crippen LogP contribution in [-0.4, -0.2) is 37.5 Å². The van der Waals surface area contributed by atoms with Gasteiger partial charge in [-0.05, 0) is 18.6 Å². The molecule has 1 aliphatic rings. The van der Waals surface area contributed by atoms with Crippen molar-refractivity contribution < 1.29 is 13.2 Å². The van der Waals surface area contributed by atoms with Gasteiger partial charge in [0.05, 0.1) is 23.7 Å². The smallest absolute Gasteiger partial charge is 0.239 e. The molecule has 0 aromatic heterocycles. The fourth-order valence-corrected chi connectivity index (χ4v) is 3.30. The van der Waals surface area contributed by atoms with Crippen LogP contribution in [0.1, 0.15) is 6.42 Å². The highest BCUT2D eigenvalue weighted by molar-refractivity contribution is 7.89. The second kappa shape index (κ2) is 4.95. The summed E-state index contributed by atoms with van der Waals surface area (Å²) in [6, 6.07) is 6.85. The Hall–Kier alpha value is -1.60. The molecule has 1 fully saturated rings. The predicted octanol–water partition coefficient (Wildman–Crippen LogP) is 0.243. The fraction of sp³-hybridized carbons (Fsp3) is 0.364. The van der Waals surface area contributed by atoms with Gasteiger partial charge in [-0.15, -0.1) is 0 Å². The third-order valence-electron chi connectivity index (χ3n) is 2.76. The molecule has 0 radical (unpaired) electrons. The molecule has 0 bridgehead atoms. The number of nitrogen functional groups attached to an aromatic ring is 1. The van der Waals surface area contributed by atoms with Crippen LogP contribution in [0.5, 0.6) is 0 Å². The van der Waals surface area contributed by atoms with E-state index < -0.39 is 10.0 Å². The molecular weight excluding hydrogens is 254 g/mol. The molecule has 1 aliphatic heterocycles. The van der Waals surface area contributed by atoms with E-state index in [0.29, 0.717) is 24.3 Å². The molecular formula is C11H15N3O3S. The van der Waals surface area contributed by atoms with Crippen LogP contribution < -0.4 is 11.1 Å². The SMILES string of the molecule is Nc1ccccc1NC(=O)CN1CCCS1(=O)=O. The normalized spacial score (nSPS) is 18.7. The van der Waals surface area contributed by atoms with E-state index in [2.05, 4.69) is 5.32 Å². The molecule has 6 nitrogen and oxygen atoms in total. The van der Waals surface area contributed by atoms with Crippen molar-refractivity contribution in [2.45, 2.75) is 6.42 Å². The van der Waals surface area contributed by atoms with E-state index in [0.717, 1.165) is 0 Å². The lowest BCUT2D eigenvalue weighted by Crippen LogP contribution is -2.34. The maximum atomic E-state index is 11.7. The van der Waals surface area contributed by atoms with E-state index in [1.54, 1.807) is 24.3 Å². The number of hydrogen-bond acceptors (Lipinski definition) is 4. The number of anilines is 2. The molecule has 0 unspecified atom stereocenters. The Labute approximate surface area is 106 Å². The van der Waals surface area contributed by atoms with Crippen molar-refractivity contribution in [3.63, 3.8) is 0 Å². The van der Waals surface area contributed by atoms with Gasteiger partial charge in [0.2, 0.25) is 15.9 Å². The van der Waals surface area contributed by atoms with Crippen LogP contribution in [0.25, 0.3) is 0 Å². The van der Waals surface area contributed by atoms with Crippen LogP contribution in [0.4, 0.5) is 11.4 Å². The van der Waals surface area contributed by atoms with Gasteiger partial charge in [-0.2, -0.15) is 4.31 Å². The average molecular weight is 269 g/mol. The lowest BCUT2D eigenvalue weighted by Gasteiger charge is -2.14. The quantitative estimate of drug-likeness (QED) is 0.769. The number of rotatable bonds is 3. The van der Waals surface area contributed by atoms with E-state index >= 15 is 0 Å². The first-order chi connectivity index (χ1) is 8.49. The first-order valence-corrected chi connectivity index (χ1v) is 7.22. The monoisotopic (exact) mass is 269 g/mol. The number of carbonyl (C=O) groups excluding carboxylic acids is 1. The largest absolute Gasteiger partial charge is 0.397 e. The summed E-state index contributed by atoms with van der Waals surface area (Å²) in [4.78, 5) is 11.7. The number of nitrogens with one attached hydrogen (secondary N) is 1. The van der Waals surface area contributed by atoms with Gasteiger partial charge in [-0.1, -0.05) is 12.1 Å². The van der Waals surface area contributed by atoms with E-state index in [9.17, 15) is 13.2 Å². The Balaban J connectivity index is 2.00. The van der Waals surface area contributed by atoms with Gasteiger partial charge in [0.15, 0.2) is 0 Å². The summed E-state index contributed by atoms with van der Waals surface area (Å²) in [5.41, 5.74) is 6.64. The van der Waals surface area contributed by atoms with Crippen LogP contribution in [0, 0.1) is 0 Å². The molecule has 1 heterocycles. The highest BCUT2D eigenvalue weighted by atomic mass is 32.2. The van der Waals surface area contributed by atoms with E-state index in [1.165, 1.54) is 4.31 Å². The Morgan fingerprint density at radius 1 is 1.39 bits per heavy atom. The van der Waals surface area contributed by atoms with Crippen molar-refractivity contribution in [1.82, 2.24) is 4.31 Å². The van der Waals surface area contributed by atoms with Gasteiger partial charge in [0, 0.05) is 6.54 Å². The number of para-hydroxylation sites is 2. The second-order valence-electron chi connectivity index (χ2n) is 4.14. The summed E-state index contributed by atoms with van der Waals surface area (Å²) < 4.78 is 24.3. The summed E-state index contributed by atoms with van der Waals surface area (Å²) in [6.45, 7) is 0.247. The summed E-state index contributed by atoms with van der Waals surface area (Å²) in [7, 11) is -3.24. The highest BCUT2D eigenvalue weighted by Crippen LogP contribution is 2.17. The Bertz CT molecular complexity index is 556. The maximum Gasteiger partial charge on any atom is 0.239 e. The number of sulfonamides is 1. The number of amides is 1. The number of nitrogens with two attached hydrogens (primary N) is 1. The van der Waals surface area contributed by atoms with Crippen LogP contribution >= 0.6 is 0 Å². The lowest BCUT2D eigenvalue weighted by atomic mass is 10.2. The third kappa shape index (κ3) is 2.80. The summed E-state index contributed by atoms with van der Waals surface area (Å²) in [5, 5.41) is 2.60. The molecule has 98 valence electrons. The second-order valence-corrected chi connectivity index (χ2v) is 6.23. The Morgan fingerprint density at radius 2 is 2.11 bits per heavy atom. The number of hydrogen-bond donors (Lipinski definition) is 2. The van der Waals surface area contributed by atoms with E-state index in [4.69, 9.17) is 5.73 Å². The zero-order chi connectivity index (χ0) is 13.2. The first kappa shape index (κ1) is 12.8. The van der Waals surface area contributed by atoms with Gasteiger partial charge in [0.1, 0.15) is 0 Å². The highest BCUT2D eigenvalue weighted by Gasteiger charge is 2.29. The molecule has 7 heteroatoms. The number of benzene rings is 1. The molecule has 0 aliphatic carbocycles. The van der Waals surface area contributed by atoms with Crippen LogP contribution in [0.15, 0.2) is 24.3 Å². The minimum Gasteiger partial charge on any atom is -0.397 e. The Morgan fingerprint density at radius 3 is 2.72 bits per heavy atom. The molecule has 18 heavy (non-hydrogen) atoms. The zero-order valence-electron chi connectivity index (χ0n) is 9.80. The maximum absolute atomic E-state index is 11.7. The van der Waals surface area contributed by atoms with Gasteiger partial charge < -0.3 is 11.1 Å². The van der Waals surface area contributed by atoms with Gasteiger partial charge in [-0.3, -0.25) is 4.79 Å². The van der Waals surface area contributed by atoms with Crippen molar-refractivity contribution in [3.05, 3.63) is 24.3 Å². The minimum atomic E-state index is -3.24. The minimum absolute atomic E-state index is 0.119. The molecule has 0 atom stereocenters. The molecule has 1 aromatic carbocycles. The number of carbonyl (C=O) groups is 1. The van der Waals surface area contributed by atoms with Gasteiger partial charge in [-0.25, -0.2) is 8.42 Å². The molecule has 0 saturated carbocycles. The zero-order valence-corrected chi connectivity index (χ0v) is 10.6. The molecule has 2 rings (SSSR count). The standard InChI is InChI=1S/C11H15N3O3S/c12-9-4-1-2-5-10(9)13-11(15)8-14-6-3-7-18(14,16)17/h1-2,4-5H,3,6-8,12H2,(H,13,15). The van der Waals surface area contributed by atoms with Gasteiger partial charge in [0.25, 0.3) is 0 Å². The molecule has 1 amide bonds. The topological polar surface area (TPSA) is 92.5 Å². The van der Waals surface area contributed by atoms with Crippen LogP contribution in [-0.2, 0) is 14.8 Å². The Kier molecular flexibility index (Phi) is 3.53. The van der Waals surface area contributed by atoms with Gasteiger partial charge >= 0.3 is 0 Å². The van der Waals surface area contributed by atoms with Crippen LogP contribution in [0.3, 0.4) is 0 Å². The van der Waals surface area contributed by atoms with E-state index in [1.807, 2.05) is 0 Å². The van der Waals surface area contributed by atoms with Crippen molar-refractivity contribution in [3.8, 4) is 0 Å². The molecule has 0 spiro atoms. The van der Waals surface area contributed by atoms with E-state index in [-0.39, 0.29) is 18.2 Å². The molecule has 3 N–H and O–H groups in total. The van der Waals surface area contributed by atoms with Crippen molar-refractivity contribution in [2.24, 2.45) is 0 Å². The summed E-state index contributed by atoms with van der Waals surface area (Å²) in [5.74, 6) is -0.258. The lowest BCUT2D eigenvalue weighted by molar-refractivity contribution is -0.116. The van der Waals surface area contributed by atoms with Crippen LogP contribution in [0.2, 0.25) is 0 Å². The molecule has 1 aromatic rings. The number of nitrogens with zero attached hydrogens (tertiary/aromatic N) is 1. The van der Waals surface area contributed by atoms with Crippen molar-refractivity contribution in [2.75, 3.05) is 29.9 Å². The summed E-state index contributed by atoms with van der Waals surface area (Å²) >= 11 is 0. The van der Waals surface area contributed by atoms with Crippen molar-refractivity contribution >= 4 is 27.3 Å². The summed E-state index contributed by atoms with van der Waals surface area (Å²) in [6.07, 6.45) is 0.573. The fourth-order valence-electron chi connectivity index (χ4n) is 1.83. The molecule has 1 saturated heterocycles. The van der Waals surface area contributed by atoms with Crippen molar-refractivity contribution in [1.29, 1.82) is 0 Å². The third-order valence-corrected chi connectivity index (χ3v) is 4.66. The predicted molar refractivity (Wildman–Crippen MR) is 69.5 cm³/mol.